The number of anilines is 1. The van der Waals surface area contributed by atoms with Gasteiger partial charge in [-0.3, -0.25) is 14.5 Å². The first-order chi connectivity index (χ1) is 14.0. The molecule has 0 bridgehead atoms. The lowest BCUT2D eigenvalue weighted by molar-refractivity contribution is -0.138. The third kappa shape index (κ3) is 4.25. The Bertz CT molecular complexity index is 1040. The number of halogens is 3. The molecule has 30 heavy (non-hydrogen) atoms. The molecule has 0 saturated heterocycles. The van der Waals surface area contributed by atoms with Crippen LogP contribution >= 0.6 is 0 Å². The highest BCUT2D eigenvalue weighted by atomic mass is 19.4. The van der Waals surface area contributed by atoms with Crippen LogP contribution in [0.1, 0.15) is 36.1 Å². The Balaban J connectivity index is 2.10. The number of benzene rings is 2. The van der Waals surface area contributed by atoms with Crippen molar-refractivity contribution in [3.05, 3.63) is 70.4 Å². The molecule has 4 nitrogen and oxygen atoms in total. The summed E-state index contributed by atoms with van der Waals surface area (Å²) in [5.74, 6) is -0.947. The van der Waals surface area contributed by atoms with Gasteiger partial charge in [0.2, 0.25) is 0 Å². The zero-order valence-electron chi connectivity index (χ0n) is 17.2. The summed E-state index contributed by atoms with van der Waals surface area (Å²) >= 11 is 0. The van der Waals surface area contributed by atoms with E-state index < -0.39 is 23.6 Å². The Morgan fingerprint density at radius 3 is 2.27 bits per heavy atom. The van der Waals surface area contributed by atoms with Crippen molar-refractivity contribution >= 4 is 23.1 Å². The number of alkyl halides is 3. The summed E-state index contributed by atoms with van der Waals surface area (Å²) in [6, 6.07) is 9.97. The maximum absolute atomic E-state index is 13.1. The monoisotopic (exact) mass is 416 g/mol. The number of hydrogen-bond acceptors (Lipinski definition) is 3. The first kappa shape index (κ1) is 21.6. The second-order valence-electron chi connectivity index (χ2n) is 7.87. The minimum atomic E-state index is -4.51. The molecular formula is C23H23F3N2O2. The summed E-state index contributed by atoms with van der Waals surface area (Å²) in [7, 11) is 0. The van der Waals surface area contributed by atoms with E-state index in [1.807, 2.05) is 39.8 Å². The molecule has 2 amide bonds. The highest BCUT2D eigenvalue weighted by Gasteiger charge is 2.39. The predicted octanol–water partition coefficient (Wildman–Crippen LogP) is 5.17. The zero-order valence-corrected chi connectivity index (χ0v) is 17.2. The molecule has 0 spiro atoms. The summed E-state index contributed by atoms with van der Waals surface area (Å²) in [6.45, 7) is 7.82. The molecule has 0 unspecified atom stereocenters. The van der Waals surface area contributed by atoms with Crippen molar-refractivity contribution in [3.8, 4) is 0 Å². The summed E-state index contributed by atoms with van der Waals surface area (Å²) in [5, 5.41) is 2.79. The van der Waals surface area contributed by atoms with E-state index >= 15 is 0 Å². The van der Waals surface area contributed by atoms with Crippen LogP contribution in [0.5, 0.6) is 0 Å². The van der Waals surface area contributed by atoms with Gasteiger partial charge in [0.25, 0.3) is 11.8 Å². The molecule has 1 N–H and O–H groups in total. The van der Waals surface area contributed by atoms with Gasteiger partial charge in [0.1, 0.15) is 5.70 Å². The third-order valence-electron chi connectivity index (χ3n) is 4.97. The van der Waals surface area contributed by atoms with Crippen molar-refractivity contribution in [2.24, 2.45) is 5.92 Å². The van der Waals surface area contributed by atoms with E-state index in [-0.39, 0.29) is 29.4 Å². The fourth-order valence-electron chi connectivity index (χ4n) is 3.31. The number of nitrogens with zero attached hydrogens (tertiary/aromatic N) is 1. The number of carbonyl (C=O) groups excluding carboxylic acids is 2. The molecule has 2 aromatic rings. The standard InChI is InChI=1S/C23H23F3N2O2/c1-13(2)12-28-21(29)19(16-9-8-14(3)15(4)10-16)20(22(28)30)27-18-7-5-6-17(11-18)23(24,25)26/h5-11,13,27H,12H2,1-4H3. The number of nitrogens with one attached hydrogen (secondary N) is 1. The smallest absolute Gasteiger partial charge is 0.350 e. The van der Waals surface area contributed by atoms with Crippen molar-refractivity contribution in [2.75, 3.05) is 11.9 Å². The Kier molecular flexibility index (Phi) is 5.74. The van der Waals surface area contributed by atoms with Crippen LogP contribution in [0.15, 0.2) is 48.2 Å². The van der Waals surface area contributed by atoms with Crippen molar-refractivity contribution < 1.29 is 22.8 Å². The van der Waals surface area contributed by atoms with Crippen LogP contribution in [0.25, 0.3) is 5.57 Å². The van der Waals surface area contributed by atoms with Gasteiger partial charge in [-0.25, -0.2) is 0 Å². The fraction of sp³-hybridized carbons (Fsp3) is 0.304. The van der Waals surface area contributed by atoms with Crippen LogP contribution in [0.2, 0.25) is 0 Å². The maximum atomic E-state index is 13.1. The van der Waals surface area contributed by atoms with Crippen LogP contribution in [-0.2, 0) is 15.8 Å². The van der Waals surface area contributed by atoms with Crippen LogP contribution < -0.4 is 5.32 Å². The quantitative estimate of drug-likeness (QED) is 0.684. The van der Waals surface area contributed by atoms with Crippen molar-refractivity contribution in [3.63, 3.8) is 0 Å². The summed E-state index contributed by atoms with van der Waals surface area (Å²) < 4.78 is 39.2. The normalized spacial score (nSPS) is 14.9. The molecule has 1 aliphatic rings. The van der Waals surface area contributed by atoms with E-state index in [0.717, 1.165) is 28.2 Å². The molecule has 0 radical (unpaired) electrons. The number of rotatable bonds is 5. The molecule has 7 heteroatoms. The molecule has 2 aromatic carbocycles. The lowest BCUT2D eigenvalue weighted by Crippen LogP contribution is -2.35. The largest absolute Gasteiger partial charge is 0.416 e. The minimum absolute atomic E-state index is 0.0109. The third-order valence-corrected chi connectivity index (χ3v) is 4.97. The van der Waals surface area contributed by atoms with E-state index in [1.165, 1.54) is 12.1 Å². The Labute approximate surface area is 173 Å². The van der Waals surface area contributed by atoms with E-state index in [1.54, 1.807) is 6.07 Å². The average Bonchev–Trinajstić information content (AvgIpc) is 2.88. The highest BCUT2D eigenvalue weighted by molar-refractivity contribution is 6.36. The molecule has 3 rings (SSSR count). The lowest BCUT2D eigenvalue weighted by Gasteiger charge is -2.17. The molecule has 0 aliphatic carbocycles. The van der Waals surface area contributed by atoms with Crippen LogP contribution in [0, 0.1) is 19.8 Å². The first-order valence-electron chi connectivity index (χ1n) is 9.61. The van der Waals surface area contributed by atoms with Gasteiger partial charge in [-0.1, -0.05) is 38.1 Å². The number of hydrogen-bond donors (Lipinski definition) is 1. The predicted molar refractivity (Wildman–Crippen MR) is 109 cm³/mol. The minimum Gasteiger partial charge on any atom is -0.350 e. The van der Waals surface area contributed by atoms with Gasteiger partial charge in [-0.05, 0) is 54.7 Å². The maximum Gasteiger partial charge on any atom is 0.416 e. The van der Waals surface area contributed by atoms with E-state index in [2.05, 4.69) is 5.32 Å². The number of amides is 2. The second-order valence-corrected chi connectivity index (χ2v) is 7.87. The lowest BCUT2D eigenvalue weighted by atomic mass is 9.99. The Morgan fingerprint density at radius 2 is 1.67 bits per heavy atom. The first-order valence-corrected chi connectivity index (χ1v) is 9.61. The van der Waals surface area contributed by atoms with Gasteiger partial charge in [-0.15, -0.1) is 0 Å². The van der Waals surface area contributed by atoms with E-state index in [4.69, 9.17) is 0 Å². The van der Waals surface area contributed by atoms with Gasteiger partial charge in [0.15, 0.2) is 0 Å². The van der Waals surface area contributed by atoms with Gasteiger partial charge >= 0.3 is 6.18 Å². The van der Waals surface area contributed by atoms with Gasteiger partial charge in [0.05, 0.1) is 11.1 Å². The van der Waals surface area contributed by atoms with Crippen molar-refractivity contribution in [1.82, 2.24) is 4.90 Å². The Hall–Kier alpha value is -3.09. The molecule has 158 valence electrons. The molecule has 0 atom stereocenters. The summed E-state index contributed by atoms with van der Waals surface area (Å²) in [6.07, 6.45) is -4.51. The molecule has 1 aliphatic heterocycles. The average molecular weight is 416 g/mol. The van der Waals surface area contributed by atoms with E-state index in [0.29, 0.717) is 5.56 Å². The van der Waals surface area contributed by atoms with Gasteiger partial charge in [-0.2, -0.15) is 13.2 Å². The zero-order chi connectivity index (χ0) is 22.2. The molecule has 1 heterocycles. The highest BCUT2D eigenvalue weighted by Crippen LogP contribution is 2.34. The molecular weight excluding hydrogens is 393 g/mol. The van der Waals surface area contributed by atoms with Crippen molar-refractivity contribution in [1.29, 1.82) is 0 Å². The number of imide groups is 1. The van der Waals surface area contributed by atoms with Crippen molar-refractivity contribution in [2.45, 2.75) is 33.9 Å². The summed E-state index contributed by atoms with van der Waals surface area (Å²) in [4.78, 5) is 27.3. The number of carbonyl (C=O) groups is 2. The van der Waals surface area contributed by atoms with Crippen LogP contribution in [0.3, 0.4) is 0 Å². The Morgan fingerprint density at radius 1 is 0.967 bits per heavy atom. The molecule has 0 aromatic heterocycles. The fourth-order valence-corrected chi connectivity index (χ4v) is 3.31. The SMILES string of the molecule is Cc1ccc(C2=C(Nc3cccc(C(F)(F)F)c3)C(=O)N(CC(C)C)C2=O)cc1C. The summed E-state index contributed by atoms with van der Waals surface area (Å²) in [5.41, 5.74) is 1.94. The van der Waals surface area contributed by atoms with Crippen LogP contribution in [0.4, 0.5) is 18.9 Å². The molecule has 0 saturated carbocycles. The van der Waals surface area contributed by atoms with E-state index in [9.17, 15) is 22.8 Å². The van der Waals surface area contributed by atoms with Gasteiger partial charge < -0.3 is 5.32 Å². The second kappa shape index (κ2) is 7.97. The topological polar surface area (TPSA) is 49.4 Å². The number of aryl methyl sites for hydroxylation is 2. The van der Waals surface area contributed by atoms with Crippen LogP contribution in [-0.4, -0.2) is 23.3 Å². The molecule has 0 fully saturated rings. The van der Waals surface area contributed by atoms with Gasteiger partial charge in [0, 0.05) is 12.2 Å².